The lowest BCUT2D eigenvalue weighted by molar-refractivity contribution is -0.304. The summed E-state index contributed by atoms with van der Waals surface area (Å²) in [5, 5.41) is 0. The zero-order chi connectivity index (χ0) is 15.3. The molecule has 3 aliphatic heterocycles. The highest BCUT2D eigenvalue weighted by atomic mass is 16.7. The quantitative estimate of drug-likeness (QED) is 0.809. The summed E-state index contributed by atoms with van der Waals surface area (Å²) in [5.41, 5.74) is 6.37. The molecule has 7 nitrogen and oxygen atoms in total. The number of hydrogen-bond donors (Lipinski definition) is 1. The Labute approximate surface area is 127 Å². The smallest absolute Gasteiger partial charge is 0.315 e. The maximum absolute atomic E-state index is 11.6. The number of nitrogens with zero attached hydrogens (tertiary/aromatic N) is 1. The zero-order valence-corrected chi connectivity index (χ0v) is 12.1. The van der Waals surface area contributed by atoms with E-state index >= 15 is 0 Å². The predicted molar refractivity (Wildman–Crippen MR) is 74.7 cm³/mol. The van der Waals surface area contributed by atoms with Gasteiger partial charge < -0.3 is 29.6 Å². The predicted octanol–water partition coefficient (Wildman–Crippen LogP) is 0.603. The molecule has 1 aromatic rings. The second-order valence-corrected chi connectivity index (χ2v) is 5.68. The van der Waals surface area contributed by atoms with Gasteiger partial charge in [-0.15, -0.1) is 0 Å². The Bertz CT molecular complexity index is 568. The maximum Gasteiger partial charge on any atom is 0.315 e. The van der Waals surface area contributed by atoms with Crippen molar-refractivity contribution in [3.8, 4) is 0 Å². The normalized spacial score (nSPS) is 39.8. The van der Waals surface area contributed by atoms with Gasteiger partial charge in [0.25, 0.3) is 0 Å². The van der Waals surface area contributed by atoms with Crippen molar-refractivity contribution in [2.45, 2.75) is 36.9 Å². The topological polar surface area (TPSA) is 83.0 Å². The molecule has 3 saturated heterocycles. The highest BCUT2D eigenvalue weighted by molar-refractivity contribution is 5.76. The zero-order valence-electron chi connectivity index (χ0n) is 12.1. The molecule has 118 valence electrons. The van der Waals surface area contributed by atoms with Gasteiger partial charge in [-0.1, -0.05) is 30.3 Å². The number of benzene rings is 1. The van der Waals surface area contributed by atoms with Gasteiger partial charge in [-0.3, -0.25) is 0 Å². The molecule has 2 N–H and O–H groups in total. The first-order valence-corrected chi connectivity index (χ1v) is 7.28. The van der Waals surface area contributed by atoms with E-state index in [9.17, 15) is 4.79 Å². The van der Waals surface area contributed by atoms with Gasteiger partial charge in [-0.2, -0.15) is 0 Å². The molecule has 0 bridgehead atoms. The van der Waals surface area contributed by atoms with E-state index in [0.717, 1.165) is 5.56 Å². The maximum atomic E-state index is 11.6. The molecule has 0 spiro atoms. The standard InChI is InChI=1S/C15H18N2O5/c1-19-14-11-10(17(11)15(16)18)12-9(21-14)7-20-13(22-12)8-5-3-2-4-6-8/h2-6,9-14H,7H2,1H3,(H2,16,18)/t9-,10+,11+,12-,13-,14-,17?/m0/s1. The van der Waals surface area contributed by atoms with Crippen LogP contribution in [0.4, 0.5) is 4.79 Å². The minimum absolute atomic E-state index is 0.115. The average molecular weight is 306 g/mol. The van der Waals surface area contributed by atoms with Crippen molar-refractivity contribution in [2.75, 3.05) is 13.7 Å². The summed E-state index contributed by atoms with van der Waals surface area (Å²) in [6.07, 6.45) is -1.47. The number of nitrogens with two attached hydrogens (primary N) is 1. The fourth-order valence-corrected chi connectivity index (χ4v) is 3.40. The first-order chi connectivity index (χ1) is 10.7. The third-order valence-corrected chi connectivity index (χ3v) is 4.44. The van der Waals surface area contributed by atoms with Crippen LogP contribution >= 0.6 is 0 Å². The van der Waals surface area contributed by atoms with E-state index in [-0.39, 0.29) is 24.3 Å². The van der Waals surface area contributed by atoms with Crippen LogP contribution in [0.25, 0.3) is 0 Å². The number of amides is 2. The number of primary amides is 1. The molecule has 2 amide bonds. The lowest BCUT2D eigenvalue weighted by Gasteiger charge is -2.39. The lowest BCUT2D eigenvalue weighted by Crippen LogP contribution is -2.52. The number of rotatable bonds is 2. The summed E-state index contributed by atoms with van der Waals surface area (Å²) >= 11 is 0. The van der Waals surface area contributed by atoms with Gasteiger partial charge in [0.2, 0.25) is 0 Å². The van der Waals surface area contributed by atoms with Crippen LogP contribution in [-0.2, 0) is 18.9 Å². The number of ether oxygens (including phenoxy) is 4. The molecule has 3 aliphatic rings. The third kappa shape index (κ3) is 2.09. The molecule has 0 unspecified atom stereocenters. The van der Waals surface area contributed by atoms with Crippen LogP contribution in [-0.4, -0.2) is 55.2 Å². The van der Waals surface area contributed by atoms with Crippen molar-refractivity contribution >= 4 is 6.03 Å². The van der Waals surface area contributed by atoms with E-state index in [4.69, 9.17) is 24.7 Å². The average Bonchev–Trinajstić information content (AvgIpc) is 3.30. The molecule has 6 atom stereocenters. The molecule has 3 heterocycles. The molecule has 0 aliphatic carbocycles. The van der Waals surface area contributed by atoms with E-state index in [2.05, 4.69) is 0 Å². The van der Waals surface area contributed by atoms with E-state index < -0.39 is 18.6 Å². The van der Waals surface area contributed by atoms with Gasteiger partial charge in [0.15, 0.2) is 12.6 Å². The molecule has 4 rings (SSSR count). The fraction of sp³-hybridized carbons (Fsp3) is 0.533. The minimum atomic E-state index is -0.487. The van der Waals surface area contributed by atoms with Gasteiger partial charge in [-0.25, -0.2) is 4.79 Å². The summed E-state index contributed by atoms with van der Waals surface area (Å²) in [7, 11) is 1.55. The molecule has 1 aromatic carbocycles. The first-order valence-electron chi connectivity index (χ1n) is 7.28. The van der Waals surface area contributed by atoms with Crippen LogP contribution in [0.1, 0.15) is 11.9 Å². The van der Waals surface area contributed by atoms with Crippen molar-refractivity contribution in [1.82, 2.24) is 4.90 Å². The number of fused-ring (bicyclic) bond motifs is 3. The fourth-order valence-electron chi connectivity index (χ4n) is 3.40. The molecule has 0 aromatic heterocycles. The molecule has 22 heavy (non-hydrogen) atoms. The Morgan fingerprint density at radius 3 is 2.73 bits per heavy atom. The third-order valence-electron chi connectivity index (χ3n) is 4.44. The van der Waals surface area contributed by atoms with Crippen molar-refractivity contribution in [2.24, 2.45) is 5.73 Å². The monoisotopic (exact) mass is 306 g/mol. The summed E-state index contributed by atoms with van der Waals surface area (Å²) in [4.78, 5) is 13.1. The molecule has 3 fully saturated rings. The van der Waals surface area contributed by atoms with Crippen molar-refractivity contribution in [3.63, 3.8) is 0 Å². The number of carbonyl (C=O) groups is 1. The van der Waals surface area contributed by atoms with Crippen LogP contribution in [0.5, 0.6) is 0 Å². The van der Waals surface area contributed by atoms with Gasteiger partial charge >= 0.3 is 6.03 Å². The molecular weight excluding hydrogens is 288 g/mol. The van der Waals surface area contributed by atoms with E-state index in [0.29, 0.717) is 6.61 Å². The molecular formula is C15H18N2O5. The van der Waals surface area contributed by atoms with Crippen LogP contribution in [0, 0.1) is 0 Å². The van der Waals surface area contributed by atoms with E-state index in [1.165, 1.54) is 0 Å². The largest absolute Gasteiger partial charge is 0.354 e. The van der Waals surface area contributed by atoms with Crippen LogP contribution in [0.2, 0.25) is 0 Å². The Morgan fingerprint density at radius 2 is 2.05 bits per heavy atom. The van der Waals surface area contributed by atoms with Crippen molar-refractivity contribution < 1.29 is 23.7 Å². The van der Waals surface area contributed by atoms with Crippen molar-refractivity contribution in [3.05, 3.63) is 35.9 Å². The Balaban J connectivity index is 1.55. The SMILES string of the molecule is CO[C@H]1O[C@H]2CO[C@H](c3ccccc3)O[C@@H]2[C@H]2[C@H]1N2C(N)=O. The second kappa shape index (κ2) is 5.20. The molecule has 0 saturated carbocycles. The van der Waals surface area contributed by atoms with E-state index in [1.54, 1.807) is 12.0 Å². The highest BCUT2D eigenvalue weighted by Crippen LogP contribution is 2.45. The molecule has 0 radical (unpaired) electrons. The first kappa shape index (κ1) is 14.0. The Hall–Kier alpha value is -1.67. The van der Waals surface area contributed by atoms with Crippen LogP contribution in [0.15, 0.2) is 30.3 Å². The highest BCUT2D eigenvalue weighted by Gasteiger charge is 2.66. The summed E-state index contributed by atoms with van der Waals surface area (Å²) in [6, 6.07) is 8.92. The minimum Gasteiger partial charge on any atom is -0.354 e. The van der Waals surface area contributed by atoms with E-state index in [1.807, 2.05) is 30.3 Å². The van der Waals surface area contributed by atoms with Gasteiger partial charge in [0.05, 0.1) is 12.6 Å². The number of carbonyl (C=O) groups excluding carboxylic acids is 1. The van der Waals surface area contributed by atoms with Gasteiger partial charge in [0.1, 0.15) is 18.2 Å². The summed E-state index contributed by atoms with van der Waals surface area (Å²) < 4.78 is 22.9. The van der Waals surface area contributed by atoms with Gasteiger partial charge in [0, 0.05) is 12.7 Å². The van der Waals surface area contributed by atoms with Crippen LogP contribution in [0.3, 0.4) is 0 Å². The summed E-state index contributed by atoms with van der Waals surface area (Å²) in [5.74, 6) is 0. The lowest BCUT2D eigenvalue weighted by atomic mass is 10.0. The Morgan fingerprint density at radius 1 is 1.27 bits per heavy atom. The van der Waals surface area contributed by atoms with Crippen molar-refractivity contribution in [1.29, 1.82) is 0 Å². The second-order valence-electron chi connectivity index (χ2n) is 5.68. The summed E-state index contributed by atoms with van der Waals surface area (Å²) in [6.45, 7) is 0.389. The number of hydrogen-bond acceptors (Lipinski definition) is 5. The number of urea groups is 1. The number of methoxy groups -OCH3 is 1. The molecule has 7 heteroatoms. The van der Waals surface area contributed by atoms with Crippen LogP contribution < -0.4 is 5.73 Å². The van der Waals surface area contributed by atoms with Gasteiger partial charge in [-0.05, 0) is 0 Å². The Kier molecular flexibility index (Phi) is 3.30.